The molecule has 5 nitrogen and oxygen atoms in total. The van der Waals surface area contributed by atoms with Crippen molar-refractivity contribution in [3.8, 4) is 0 Å². The average molecular weight is 257 g/mol. The van der Waals surface area contributed by atoms with Gasteiger partial charge in [0.25, 0.3) is 0 Å². The highest BCUT2D eigenvalue weighted by molar-refractivity contribution is 7.99. The second-order valence-electron chi connectivity index (χ2n) is 3.66. The normalized spacial score (nSPS) is 10.5. The number of hydrogen-bond donors (Lipinski definition) is 0. The number of nitrogens with zero attached hydrogens (tertiary/aromatic N) is 3. The van der Waals surface area contributed by atoms with Crippen LogP contribution in [-0.4, -0.2) is 33.1 Å². The monoisotopic (exact) mass is 257 g/mol. The summed E-state index contributed by atoms with van der Waals surface area (Å²) in [5.74, 6) is 1.04. The van der Waals surface area contributed by atoms with Gasteiger partial charge in [-0.2, -0.15) is 0 Å². The van der Waals surface area contributed by atoms with Crippen LogP contribution in [0.15, 0.2) is 5.16 Å². The maximum Gasteiger partial charge on any atom is 0.316 e. The van der Waals surface area contributed by atoms with Gasteiger partial charge in [-0.05, 0) is 13.3 Å². The molecule has 0 fully saturated rings. The molecule has 0 bridgehead atoms. The van der Waals surface area contributed by atoms with Gasteiger partial charge in [-0.1, -0.05) is 25.1 Å². The smallest absolute Gasteiger partial charge is 0.316 e. The van der Waals surface area contributed by atoms with E-state index in [1.54, 1.807) is 6.92 Å². The number of carbonyl (C=O) groups is 1. The molecule has 0 aliphatic heterocycles. The van der Waals surface area contributed by atoms with E-state index in [1.165, 1.54) is 11.8 Å². The Hall–Kier alpha value is -1.04. The van der Waals surface area contributed by atoms with Gasteiger partial charge in [-0.15, -0.1) is 10.2 Å². The van der Waals surface area contributed by atoms with E-state index in [0.29, 0.717) is 6.61 Å². The second-order valence-corrected chi connectivity index (χ2v) is 4.60. The van der Waals surface area contributed by atoms with Crippen LogP contribution in [-0.2, 0) is 23.0 Å². The summed E-state index contributed by atoms with van der Waals surface area (Å²) >= 11 is 1.36. The number of ether oxygens (including phenoxy) is 1. The van der Waals surface area contributed by atoms with Crippen molar-refractivity contribution < 1.29 is 9.53 Å². The highest BCUT2D eigenvalue weighted by Crippen LogP contribution is 2.16. The van der Waals surface area contributed by atoms with Crippen LogP contribution < -0.4 is 0 Å². The molecule has 0 unspecified atom stereocenters. The van der Waals surface area contributed by atoms with Crippen molar-refractivity contribution in [1.29, 1.82) is 0 Å². The molecule has 96 valence electrons. The summed E-state index contributed by atoms with van der Waals surface area (Å²) in [6.45, 7) is 4.36. The van der Waals surface area contributed by atoms with Crippen LogP contribution >= 0.6 is 11.8 Å². The van der Waals surface area contributed by atoms with Crippen LogP contribution in [0.1, 0.15) is 32.5 Å². The summed E-state index contributed by atoms with van der Waals surface area (Å²) in [7, 11) is 1.93. The SMILES string of the molecule is CCCCc1nnc(SCC(=O)OCC)n1C. The zero-order chi connectivity index (χ0) is 12.7. The minimum Gasteiger partial charge on any atom is -0.465 e. The molecule has 17 heavy (non-hydrogen) atoms. The van der Waals surface area contributed by atoms with Crippen molar-refractivity contribution >= 4 is 17.7 Å². The summed E-state index contributed by atoms with van der Waals surface area (Å²) in [5.41, 5.74) is 0. The molecule has 0 spiro atoms. The topological polar surface area (TPSA) is 57.0 Å². The number of rotatable bonds is 7. The molecule has 1 aromatic rings. The number of esters is 1. The van der Waals surface area contributed by atoms with Crippen LogP contribution in [0.5, 0.6) is 0 Å². The highest BCUT2D eigenvalue weighted by atomic mass is 32.2. The maximum absolute atomic E-state index is 11.2. The molecule has 0 atom stereocenters. The molecule has 0 saturated carbocycles. The molecule has 6 heteroatoms. The predicted octanol–water partition coefficient (Wildman–Crippen LogP) is 1.81. The van der Waals surface area contributed by atoms with Gasteiger partial charge >= 0.3 is 5.97 Å². The summed E-state index contributed by atoms with van der Waals surface area (Å²) in [6.07, 6.45) is 3.17. The molecule has 0 radical (unpaired) electrons. The van der Waals surface area contributed by atoms with Gasteiger partial charge in [0.1, 0.15) is 5.82 Å². The zero-order valence-corrected chi connectivity index (χ0v) is 11.4. The molecular weight excluding hydrogens is 238 g/mol. The summed E-state index contributed by atoms with van der Waals surface area (Å²) in [4.78, 5) is 11.2. The van der Waals surface area contributed by atoms with E-state index < -0.39 is 0 Å². The van der Waals surface area contributed by atoms with Gasteiger partial charge in [0, 0.05) is 13.5 Å². The maximum atomic E-state index is 11.2. The van der Waals surface area contributed by atoms with Crippen molar-refractivity contribution in [1.82, 2.24) is 14.8 Å². The van der Waals surface area contributed by atoms with E-state index in [2.05, 4.69) is 17.1 Å². The first-order chi connectivity index (χ1) is 8.19. The van der Waals surface area contributed by atoms with Crippen LogP contribution in [0.25, 0.3) is 0 Å². The van der Waals surface area contributed by atoms with Gasteiger partial charge < -0.3 is 9.30 Å². The first-order valence-electron chi connectivity index (χ1n) is 5.85. The van der Waals surface area contributed by atoms with E-state index in [9.17, 15) is 4.79 Å². The lowest BCUT2D eigenvalue weighted by atomic mass is 10.2. The first kappa shape index (κ1) is 14.0. The average Bonchev–Trinajstić information content (AvgIpc) is 2.66. The Morgan fingerprint density at radius 2 is 2.18 bits per heavy atom. The fraction of sp³-hybridized carbons (Fsp3) is 0.727. The summed E-state index contributed by atoms with van der Waals surface area (Å²) in [5, 5.41) is 8.95. The zero-order valence-electron chi connectivity index (χ0n) is 10.6. The fourth-order valence-corrected chi connectivity index (χ4v) is 2.08. The lowest BCUT2D eigenvalue weighted by Gasteiger charge is -2.03. The number of aryl methyl sites for hydroxylation is 1. The number of hydrogen-bond acceptors (Lipinski definition) is 5. The van der Waals surface area contributed by atoms with E-state index in [0.717, 1.165) is 30.2 Å². The molecule has 0 aliphatic rings. The number of aromatic nitrogens is 3. The molecule has 0 aromatic carbocycles. The van der Waals surface area contributed by atoms with Crippen LogP contribution in [0, 0.1) is 0 Å². The van der Waals surface area contributed by atoms with Crippen molar-refractivity contribution in [2.75, 3.05) is 12.4 Å². The molecule has 0 saturated heterocycles. The number of unbranched alkanes of at least 4 members (excludes halogenated alkanes) is 1. The van der Waals surface area contributed by atoms with E-state index >= 15 is 0 Å². The predicted molar refractivity (Wildman–Crippen MR) is 67.0 cm³/mol. The minimum absolute atomic E-state index is 0.212. The van der Waals surface area contributed by atoms with Gasteiger partial charge in [0.15, 0.2) is 5.16 Å². The number of thioether (sulfide) groups is 1. The van der Waals surface area contributed by atoms with Crippen molar-refractivity contribution in [3.05, 3.63) is 5.82 Å². The Morgan fingerprint density at radius 1 is 1.41 bits per heavy atom. The van der Waals surface area contributed by atoms with E-state index in [4.69, 9.17) is 4.74 Å². The molecule has 0 N–H and O–H groups in total. The Morgan fingerprint density at radius 3 is 2.82 bits per heavy atom. The van der Waals surface area contributed by atoms with Crippen LogP contribution in [0.2, 0.25) is 0 Å². The Balaban J connectivity index is 2.48. The second kappa shape index (κ2) is 7.32. The van der Waals surface area contributed by atoms with Crippen LogP contribution in [0.4, 0.5) is 0 Å². The number of carbonyl (C=O) groups excluding carboxylic acids is 1. The minimum atomic E-state index is -0.212. The van der Waals surface area contributed by atoms with E-state index in [1.807, 2.05) is 11.6 Å². The largest absolute Gasteiger partial charge is 0.465 e. The lowest BCUT2D eigenvalue weighted by molar-refractivity contribution is -0.139. The van der Waals surface area contributed by atoms with Gasteiger partial charge in [0.05, 0.1) is 12.4 Å². The standard InChI is InChI=1S/C11H19N3O2S/c1-4-6-7-9-12-13-11(14(9)3)17-8-10(15)16-5-2/h4-8H2,1-3H3. The van der Waals surface area contributed by atoms with Gasteiger partial charge in [0.2, 0.25) is 0 Å². The van der Waals surface area contributed by atoms with Crippen molar-refractivity contribution in [2.24, 2.45) is 7.05 Å². The van der Waals surface area contributed by atoms with Gasteiger partial charge in [-0.25, -0.2) is 0 Å². The third kappa shape index (κ3) is 4.38. The molecular formula is C11H19N3O2S. The highest BCUT2D eigenvalue weighted by Gasteiger charge is 2.11. The molecule has 0 amide bonds. The third-order valence-electron chi connectivity index (χ3n) is 2.30. The Kier molecular flexibility index (Phi) is 6.04. The fourth-order valence-electron chi connectivity index (χ4n) is 1.35. The summed E-state index contributed by atoms with van der Waals surface area (Å²) < 4.78 is 6.80. The quantitative estimate of drug-likeness (QED) is 0.551. The molecule has 1 heterocycles. The first-order valence-corrected chi connectivity index (χ1v) is 6.84. The third-order valence-corrected chi connectivity index (χ3v) is 3.30. The molecule has 1 aromatic heterocycles. The van der Waals surface area contributed by atoms with Gasteiger partial charge in [-0.3, -0.25) is 4.79 Å². The van der Waals surface area contributed by atoms with E-state index in [-0.39, 0.29) is 11.7 Å². The molecule has 1 rings (SSSR count). The Bertz CT molecular complexity index is 366. The molecule has 0 aliphatic carbocycles. The summed E-state index contributed by atoms with van der Waals surface area (Å²) in [6, 6.07) is 0. The van der Waals surface area contributed by atoms with Crippen molar-refractivity contribution in [3.63, 3.8) is 0 Å². The van der Waals surface area contributed by atoms with Crippen LogP contribution in [0.3, 0.4) is 0 Å². The van der Waals surface area contributed by atoms with Crippen molar-refractivity contribution in [2.45, 2.75) is 38.3 Å². The lowest BCUT2D eigenvalue weighted by Crippen LogP contribution is -2.07. The Labute approximate surface area is 106 Å².